The number of nitrogens with zero attached hydrogens (tertiary/aromatic N) is 3. The summed E-state index contributed by atoms with van der Waals surface area (Å²) in [4.78, 5) is 4.54. The molecule has 0 bridgehead atoms. The van der Waals surface area contributed by atoms with Crippen molar-refractivity contribution in [2.45, 2.75) is 32.6 Å². The van der Waals surface area contributed by atoms with E-state index >= 15 is 0 Å². The zero-order chi connectivity index (χ0) is 20.8. The van der Waals surface area contributed by atoms with Crippen LogP contribution in [0.1, 0.15) is 35.5 Å². The van der Waals surface area contributed by atoms with E-state index in [0.717, 1.165) is 34.7 Å². The van der Waals surface area contributed by atoms with Crippen molar-refractivity contribution in [3.63, 3.8) is 0 Å². The fourth-order valence-corrected chi connectivity index (χ4v) is 4.28. The molecule has 3 nitrogen and oxygen atoms in total. The summed E-state index contributed by atoms with van der Waals surface area (Å²) < 4.78 is 1.89. The molecular weight excluding hydrogens is 386 g/mol. The molecule has 0 aliphatic rings. The van der Waals surface area contributed by atoms with Crippen LogP contribution in [-0.4, -0.2) is 14.8 Å². The molecular formula is C26H27N3S. The normalized spacial score (nSPS) is 11.4. The monoisotopic (exact) mass is 413 g/mol. The van der Waals surface area contributed by atoms with Crippen LogP contribution in [-0.2, 0) is 13.5 Å². The Morgan fingerprint density at radius 2 is 1.83 bits per heavy atom. The van der Waals surface area contributed by atoms with Gasteiger partial charge in [-0.3, -0.25) is 4.68 Å². The van der Waals surface area contributed by atoms with Gasteiger partial charge in [0.25, 0.3) is 0 Å². The minimum absolute atomic E-state index is 1.03. The number of aromatic nitrogens is 3. The van der Waals surface area contributed by atoms with Crippen LogP contribution in [0.3, 0.4) is 0 Å². The molecule has 152 valence electrons. The van der Waals surface area contributed by atoms with Gasteiger partial charge >= 0.3 is 0 Å². The van der Waals surface area contributed by atoms with Crippen molar-refractivity contribution in [1.82, 2.24) is 14.8 Å². The molecule has 0 fully saturated rings. The molecule has 4 heteroatoms. The maximum Gasteiger partial charge on any atom is 0.100 e. The Labute approximate surface area is 182 Å². The van der Waals surface area contributed by atoms with E-state index in [1.54, 1.807) is 11.3 Å². The molecule has 2 aromatic carbocycles. The smallest absolute Gasteiger partial charge is 0.100 e. The highest BCUT2D eigenvalue weighted by atomic mass is 32.1. The average molecular weight is 414 g/mol. The highest BCUT2D eigenvalue weighted by Gasteiger charge is 2.12. The molecule has 0 saturated carbocycles. The number of hydrogen-bond acceptors (Lipinski definition) is 3. The number of benzene rings is 2. The molecule has 30 heavy (non-hydrogen) atoms. The minimum atomic E-state index is 1.03. The fraction of sp³-hybridized carbons (Fsp3) is 0.231. The van der Waals surface area contributed by atoms with Gasteiger partial charge in [0.15, 0.2) is 0 Å². The van der Waals surface area contributed by atoms with Crippen LogP contribution in [0.15, 0.2) is 72.3 Å². The molecule has 4 rings (SSSR count). The van der Waals surface area contributed by atoms with Crippen molar-refractivity contribution in [3.05, 3.63) is 88.5 Å². The van der Waals surface area contributed by atoms with Crippen molar-refractivity contribution in [3.8, 4) is 22.4 Å². The van der Waals surface area contributed by atoms with E-state index in [1.807, 2.05) is 17.8 Å². The maximum absolute atomic E-state index is 4.74. The average Bonchev–Trinajstić information content (AvgIpc) is 3.37. The van der Waals surface area contributed by atoms with Gasteiger partial charge in [0.1, 0.15) is 5.69 Å². The van der Waals surface area contributed by atoms with E-state index in [1.165, 1.54) is 29.7 Å². The quantitative estimate of drug-likeness (QED) is 0.293. The van der Waals surface area contributed by atoms with Gasteiger partial charge in [-0.05, 0) is 49.8 Å². The SMILES string of the molecule is Cc1nc(CCCC/C=C/c2cccc(-c3nn(C)cc3-c3ccccc3)c2)cs1. The van der Waals surface area contributed by atoms with Gasteiger partial charge in [0.2, 0.25) is 0 Å². The van der Waals surface area contributed by atoms with Gasteiger partial charge < -0.3 is 0 Å². The summed E-state index contributed by atoms with van der Waals surface area (Å²) in [7, 11) is 1.98. The number of aryl methyl sites for hydroxylation is 3. The first-order chi connectivity index (χ1) is 14.7. The Bertz CT molecular complexity index is 1120. The van der Waals surface area contributed by atoms with Crippen LogP contribution in [0.4, 0.5) is 0 Å². The van der Waals surface area contributed by atoms with Gasteiger partial charge in [-0.15, -0.1) is 11.3 Å². The van der Waals surface area contributed by atoms with Crippen molar-refractivity contribution >= 4 is 17.4 Å². The topological polar surface area (TPSA) is 30.7 Å². The third-order valence-electron chi connectivity index (χ3n) is 5.10. The summed E-state index contributed by atoms with van der Waals surface area (Å²) in [5, 5.41) is 8.08. The Morgan fingerprint density at radius 1 is 1.00 bits per heavy atom. The zero-order valence-electron chi connectivity index (χ0n) is 17.6. The van der Waals surface area contributed by atoms with Crippen molar-refractivity contribution in [2.24, 2.45) is 7.05 Å². The summed E-state index contributed by atoms with van der Waals surface area (Å²) >= 11 is 1.74. The first-order valence-electron chi connectivity index (χ1n) is 10.5. The molecule has 4 aromatic rings. The van der Waals surface area contributed by atoms with Gasteiger partial charge in [-0.2, -0.15) is 5.10 Å². The Kier molecular flexibility index (Phi) is 6.55. The van der Waals surface area contributed by atoms with Gasteiger partial charge in [-0.1, -0.05) is 60.7 Å². The molecule has 0 amide bonds. The van der Waals surface area contributed by atoms with Crippen LogP contribution < -0.4 is 0 Å². The lowest BCUT2D eigenvalue weighted by Gasteiger charge is -2.04. The molecule has 0 saturated heterocycles. The number of hydrogen-bond donors (Lipinski definition) is 0. The second-order valence-corrected chi connectivity index (χ2v) is 8.62. The maximum atomic E-state index is 4.74. The summed E-state index contributed by atoms with van der Waals surface area (Å²) in [6.07, 6.45) is 11.1. The predicted molar refractivity (Wildman–Crippen MR) is 128 cm³/mol. The molecule has 0 unspecified atom stereocenters. The molecule has 0 atom stereocenters. The minimum Gasteiger partial charge on any atom is -0.275 e. The standard InChI is InChI=1S/C26H27N3S/c1-20-27-24(19-30-20)16-9-4-3-6-11-21-12-10-15-23(17-21)26-25(18-29(2)28-26)22-13-7-5-8-14-22/h5-8,10-15,17-19H,3-4,9,16H2,1-2H3/b11-6+. The van der Waals surface area contributed by atoms with Crippen LogP contribution in [0.5, 0.6) is 0 Å². The van der Waals surface area contributed by atoms with Gasteiger partial charge in [-0.25, -0.2) is 4.98 Å². The largest absolute Gasteiger partial charge is 0.275 e. The molecule has 0 N–H and O–H groups in total. The molecule has 2 heterocycles. The summed E-state index contributed by atoms with van der Waals surface area (Å²) in [5.74, 6) is 0. The van der Waals surface area contributed by atoms with Crippen LogP contribution >= 0.6 is 11.3 Å². The van der Waals surface area contributed by atoms with E-state index < -0.39 is 0 Å². The van der Waals surface area contributed by atoms with Gasteiger partial charge in [0, 0.05) is 29.8 Å². The number of rotatable bonds is 8. The highest BCUT2D eigenvalue weighted by Crippen LogP contribution is 2.31. The zero-order valence-corrected chi connectivity index (χ0v) is 18.4. The number of unbranched alkanes of at least 4 members (excludes halogenated alkanes) is 2. The molecule has 0 aliphatic carbocycles. The van der Waals surface area contributed by atoms with Crippen LogP contribution in [0.2, 0.25) is 0 Å². The first-order valence-corrected chi connectivity index (χ1v) is 11.3. The Hall–Kier alpha value is -2.98. The lowest BCUT2D eigenvalue weighted by Crippen LogP contribution is -1.88. The van der Waals surface area contributed by atoms with Crippen molar-refractivity contribution < 1.29 is 0 Å². The first kappa shape index (κ1) is 20.3. The molecule has 2 aromatic heterocycles. The van der Waals surface area contributed by atoms with E-state index in [9.17, 15) is 0 Å². The number of thiazole rings is 1. The second-order valence-electron chi connectivity index (χ2n) is 7.56. The molecule has 0 radical (unpaired) electrons. The lowest BCUT2D eigenvalue weighted by atomic mass is 10.0. The number of allylic oxidation sites excluding steroid dienone is 1. The van der Waals surface area contributed by atoms with Crippen molar-refractivity contribution in [1.29, 1.82) is 0 Å². The van der Waals surface area contributed by atoms with Crippen molar-refractivity contribution in [2.75, 3.05) is 0 Å². The van der Waals surface area contributed by atoms with E-state index in [4.69, 9.17) is 5.10 Å². The predicted octanol–water partition coefficient (Wildman–Crippen LogP) is 6.95. The summed E-state index contributed by atoms with van der Waals surface area (Å²) in [5.41, 5.74) is 6.98. The molecule has 0 spiro atoms. The molecule has 0 aliphatic heterocycles. The van der Waals surface area contributed by atoms with E-state index in [2.05, 4.69) is 84.2 Å². The Morgan fingerprint density at radius 3 is 2.63 bits per heavy atom. The van der Waals surface area contributed by atoms with E-state index in [-0.39, 0.29) is 0 Å². The second kappa shape index (κ2) is 9.68. The van der Waals surface area contributed by atoms with E-state index in [0.29, 0.717) is 0 Å². The third-order valence-corrected chi connectivity index (χ3v) is 5.93. The highest BCUT2D eigenvalue weighted by molar-refractivity contribution is 7.09. The summed E-state index contributed by atoms with van der Waals surface area (Å²) in [6, 6.07) is 19.1. The van der Waals surface area contributed by atoms with Crippen LogP contribution in [0, 0.1) is 6.92 Å². The van der Waals surface area contributed by atoms with Gasteiger partial charge in [0.05, 0.1) is 10.7 Å². The lowest BCUT2D eigenvalue weighted by molar-refractivity contribution is 0.737. The summed E-state index contributed by atoms with van der Waals surface area (Å²) in [6.45, 7) is 2.07. The Balaban J connectivity index is 1.40. The third kappa shape index (κ3) is 5.14. The fourth-order valence-electron chi connectivity index (χ4n) is 3.63. The van der Waals surface area contributed by atoms with Crippen LogP contribution in [0.25, 0.3) is 28.5 Å².